The van der Waals surface area contributed by atoms with Crippen LogP contribution in [0.4, 0.5) is 5.69 Å². The van der Waals surface area contributed by atoms with E-state index in [4.69, 9.17) is 9.84 Å². The highest BCUT2D eigenvalue weighted by atomic mass is 32.2. The highest BCUT2D eigenvalue weighted by Crippen LogP contribution is 2.29. The number of sulfonamides is 1. The third-order valence-electron chi connectivity index (χ3n) is 3.58. The molecule has 3 aromatic rings. The molecule has 0 aliphatic carbocycles. The topological polar surface area (TPSA) is 106 Å². The van der Waals surface area contributed by atoms with Crippen LogP contribution in [-0.4, -0.2) is 31.6 Å². The molecule has 0 radical (unpaired) electrons. The predicted octanol–water partition coefficient (Wildman–Crippen LogP) is 2.74. The maximum atomic E-state index is 12.8. The molecule has 0 atom stereocenters. The molecule has 2 N–H and O–H groups in total. The second-order valence-corrected chi connectivity index (χ2v) is 6.81. The van der Waals surface area contributed by atoms with Crippen molar-refractivity contribution in [2.75, 3.05) is 11.8 Å². The van der Waals surface area contributed by atoms with Gasteiger partial charge in [-0.25, -0.2) is 13.2 Å². The Hall–Kier alpha value is -3.13. The van der Waals surface area contributed by atoms with E-state index in [-0.39, 0.29) is 21.9 Å². The number of hydrogen-bond acceptors (Lipinski definition) is 5. The zero-order chi connectivity index (χ0) is 18.0. The van der Waals surface area contributed by atoms with E-state index < -0.39 is 16.0 Å². The summed E-state index contributed by atoms with van der Waals surface area (Å²) in [4.78, 5) is 15.3. The molecular formula is C17H14N2O5S. The Balaban J connectivity index is 2.10. The van der Waals surface area contributed by atoms with E-state index in [1.165, 1.54) is 37.6 Å². The van der Waals surface area contributed by atoms with Crippen LogP contribution in [-0.2, 0) is 10.0 Å². The van der Waals surface area contributed by atoms with Gasteiger partial charge in [0.25, 0.3) is 10.0 Å². The van der Waals surface area contributed by atoms with Crippen molar-refractivity contribution in [2.45, 2.75) is 4.90 Å². The zero-order valence-corrected chi connectivity index (χ0v) is 13.9. The highest BCUT2D eigenvalue weighted by Gasteiger charge is 2.21. The summed E-state index contributed by atoms with van der Waals surface area (Å²) in [5.74, 6) is -0.961. The molecule has 0 fully saturated rings. The van der Waals surface area contributed by atoms with E-state index in [0.29, 0.717) is 10.9 Å². The number of nitrogens with zero attached hydrogens (tertiary/aromatic N) is 1. The van der Waals surface area contributed by atoms with Gasteiger partial charge in [-0.1, -0.05) is 18.2 Å². The van der Waals surface area contributed by atoms with E-state index in [1.807, 2.05) is 0 Å². The zero-order valence-electron chi connectivity index (χ0n) is 13.1. The van der Waals surface area contributed by atoms with Crippen molar-refractivity contribution in [1.82, 2.24) is 4.98 Å². The third-order valence-corrected chi connectivity index (χ3v) is 4.97. The first-order chi connectivity index (χ1) is 11.9. The van der Waals surface area contributed by atoms with Crippen LogP contribution >= 0.6 is 0 Å². The molecule has 8 heteroatoms. The Morgan fingerprint density at radius 3 is 2.64 bits per heavy atom. The van der Waals surface area contributed by atoms with Gasteiger partial charge in [0.1, 0.15) is 10.6 Å². The molecule has 128 valence electrons. The van der Waals surface area contributed by atoms with Crippen molar-refractivity contribution in [3.8, 4) is 5.75 Å². The molecule has 3 rings (SSSR count). The number of ether oxygens (including phenoxy) is 1. The van der Waals surface area contributed by atoms with Crippen LogP contribution in [0.3, 0.4) is 0 Å². The first kappa shape index (κ1) is 16.7. The lowest BCUT2D eigenvalue weighted by Crippen LogP contribution is -2.15. The van der Waals surface area contributed by atoms with Gasteiger partial charge in [-0.2, -0.15) is 0 Å². The monoisotopic (exact) mass is 358 g/mol. The average molecular weight is 358 g/mol. The molecule has 0 aliphatic heterocycles. The number of anilines is 1. The van der Waals surface area contributed by atoms with Gasteiger partial charge >= 0.3 is 5.97 Å². The van der Waals surface area contributed by atoms with Gasteiger partial charge in [0.2, 0.25) is 0 Å². The molecule has 1 aromatic heterocycles. The quantitative estimate of drug-likeness (QED) is 0.726. The van der Waals surface area contributed by atoms with E-state index in [0.717, 1.165) is 0 Å². The number of pyridine rings is 1. The molecule has 0 amide bonds. The SMILES string of the molecule is COc1ccc(C(=O)O)cc1NS(=O)(=O)c1cccc2cccnc12. The van der Waals surface area contributed by atoms with E-state index in [9.17, 15) is 13.2 Å². The van der Waals surface area contributed by atoms with Gasteiger partial charge in [-0.15, -0.1) is 0 Å². The standard InChI is InChI=1S/C17H14N2O5S/c1-24-14-8-7-12(17(20)21)10-13(14)19-25(22,23)15-6-2-4-11-5-3-9-18-16(11)15/h2-10,19H,1H3,(H,20,21). The van der Waals surface area contributed by atoms with E-state index >= 15 is 0 Å². The van der Waals surface area contributed by atoms with Crippen molar-refractivity contribution in [2.24, 2.45) is 0 Å². The van der Waals surface area contributed by atoms with Crippen LogP contribution in [0.2, 0.25) is 0 Å². The summed E-state index contributed by atoms with van der Waals surface area (Å²) in [6, 6.07) is 12.2. The van der Waals surface area contributed by atoms with E-state index in [1.54, 1.807) is 24.3 Å². The van der Waals surface area contributed by atoms with Gasteiger partial charge in [-0.05, 0) is 30.3 Å². The van der Waals surface area contributed by atoms with Crippen LogP contribution in [0.25, 0.3) is 10.9 Å². The van der Waals surface area contributed by atoms with Crippen molar-refractivity contribution in [1.29, 1.82) is 0 Å². The molecule has 1 heterocycles. The minimum absolute atomic E-state index is 0.00613. The molecule has 7 nitrogen and oxygen atoms in total. The molecule has 0 bridgehead atoms. The summed E-state index contributed by atoms with van der Waals surface area (Å²) in [7, 11) is -2.63. The maximum Gasteiger partial charge on any atom is 0.335 e. The Morgan fingerprint density at radius 1 is 1.16 bits per heavy atom. The Morgan fingerprint density at radius 2 is 1.92 bits per heavy atom. The second kappa shape index (κ2) is 6.40. The molecular weight excluding hydrogens is 344 g/mol. The number of methoxy groups -OCH3 is 1. The van der Waals surface area contributed by atoms with Crippen molar-refractivity contribution < 1.29 is 23.1 Å². The lowest BCUT2D eigenvalue weighted by atomic mass is 10.2. The fraction of sp³-hybridized carbons (Fsp3) is 0.0588. The summed E-state index contributed by atoms with van der Waals surface area (Å²) in [6.45, 7) is 0. The van der Waals surface area contributed by atoms with Crippen molar-refractivity contribution >= 4 is 32.6 Å². The minimum atomic E-state index is -4.00. The largest absolute Gasteiger partial charge is 0.495 e. The molecule has 0 unspecified atom stereocenters. The summed E-state index contributed by atoms with van der Waals surface area (Å²) in [5.41, 5.74) is 0.302. The summed E-state index contributed by atoms with van der Waals surface area (Å²) >= 11 is 0. The van der Waals surface area contributed by atoms with Gasteiger partial charge < -0.3 is 9.84 Å². The third kappa shape index (κ3) is 3.24. The highest BCUT2D eigenvalue weighted by molar-refractivity contribution is 7.93. The summed E-state index contributed by atoms with van der Waals surface area (Å²) in [6.07, 6.45) is 1.51. The van der Waals surface area contributed by atoms with E-state index in [2.05, 4.69) is 9.71 Å². The van der Waals surface area contributed by atoms with Gasteiger partial charge in [-0.3, -0.25) is 9.71 Å². The van der Waals surface area contributed by atoms with Gasteiger partial charge in [0.15, 0.2) is 0 Å². The van der Waals surface area contributed by atoms with Crippen LogP contribution in [0.15, 0.2) is 59.6 Å². The van der Waals surface area contributed by atoms with Gasteiger partial charge in [0, 0.05) is 11.6 Å². The molecule has 0 aliphatic rings. The summed E-state index contributed by atoms with van der Waals surface area (Å²) in [5, 5.41) is 9.78. The average Bonchev–Trinajstić information content (AvgIpc) is 2.60. The number of fused-ring (bicyclic) bond motifs is 1. The van der Waals surface area contributed by atoms with Crippen LogP contribution in [0.5, 0.6) is 5.75 Å². The Labute approximate surface area is 143 Å². The predicted molar refractivity (Wildman–Crippen MR) is 92.5 cm³/mol. The second-order valence-electron chi connectivity index (χ2n) is 5.16. The van der Waals surface area contributed by atoms with Gasteiger partial charge in [0.05, 0.1) is 23.9 Å². The van der Waals surface area contributed by atoms with Crippen LogP contribution in [0.1, 0.15) is 10.4 Å². The number of nitrogens with one attached hydrogen (secondary N) is 1. The van der Waals surface area contributed by atoms with Crippen molar-refractivity contribution in [3.05, 3.63) is 60.3 Å². The Kier molecular flexibility index (Phi) is 4.28. The maximum absolute atomic E-state index is 12.8. The van der Waals surface area contributed by atoms with Crippen LogP contribution in [0, 0.1) is 0 Å². The minimum Gasteiger partial charge on any atom is -0.495 e. The number of para-hydroxylation sites is 1. The fourth-order valence-electron chi connectivity index (χ4n) is 2.41. The number of aromatic nitrogens is 1. The smallest absolute Gasteiger partial charge is 0.335 e. The first-order valence-electron chi connectivity index (χ1n) is 7.20. The normalized spacial score (nSPS) is 11.2. The number of rotatable bonds is 5. The number of carboxylic acids is 1. The first-order valence-corrected chi connectivity index (χ1v) is 8.68. The molecule has 25 heavy (non-hydrogen) atoms. The molecule has 2 aromatic carbocycles. The Bertz CT molecular complexity index is 1060. The number of benzene rings is 2. The molecule has 0 spiro atoms. The number of aromatic carboxylic acids is 1. The number of hydrogen-bond donors (Lipinski definition) is 2. The number of carbonyl (C=O) groups is 1. The number of carboxylic acid groups (broad SMARTS) is 1. The van der Waals surface area contributed by atoms with Crippen LogP contribution < -0.4 is 9.46 Å². The molecule has 0 saturated heterocycles. The molecule has 0 saturated carbocycles. The lowest BCUT2D eigenvalue weighted by Gasteiger charge is -2.13. The fourth-order valence-corrected chi connectivity index (χ4v) is 3.66. The lowest BCUT2D eigenvalue weighted by molar-refractivity contribution is 0.0697. The summed E-state index contributed by atoms with van der Waals surface area (Å²) < 4.78 is 33.1. The van der Waals surface area contributed by atoms with Crippen molar-refractivity contribution in [3.63, 3.8) is 0 Å².